The Morgan fingerprint density at radius 2 is 1.76 bits per heavy atom. The minimum absolute atomic E-state index is 0.181. The molecule has 2 aliphatic rings. The van der Waals surface area contributed by atoms with Crippen molar-refractivity contribution >= 4 is 11.9 Å². The Morgan fingerprint density at radius 1 is 1.14 bits per heavy atom. The Labute approximate surface area is 126 Å². The van der Waals surface area contributed by atoms with Gasteiger partial charge in [-0.05, 0) is 44.4 Å². The first kappa shape index (κ1) is 16.3. The van der Waals surface area contributed by atoms with Crippen LogP contribution in [0.4, 0.5) is 0 Å². The number of amides is 1. The maximum Gasteiger partial charge on any atom is 0.329 e. The van der Waals surface area contributed by atoms with Gasteiger partial charge < -0.3 is 15.7 Å². The van der Waals surface area contributed by atoms with E-state index in [2.05, 4.69) is 17.6 Å². The van der Waals surface area contributed by atoms with Gasteiger partial charge in [0.25, 0.3) is 0 Å². The minimum atomic E-state index is -1.04. The number of carboxylic acids is 1. The first-order valence-corrected chi connectivity index (χ1v) is 8.33. The quantitative estimate of drug-likeness (QED) is 0.701. The molecule has 2 saturated carbocycles. The van der Waals surface area contributed by atoms with Crippen LogP contribution in [0.1, 0.15) is 64.7 Å². The fourth-order valence-corrected chi connectivity index (χ4v) is 3.65. The van der Waals surface area contributed by atoms with Gasteiger partial charge in [-0.1, -0.05) is 26.2 Å². The molecule has 0 aromatic rings. The fourth-order valence-electron chi connectivity index (χ4n) is 3.65. The van der Waals surface area contributed by atoms with Gasteiger partial charge >= 0.3 is 5.97 Å². The van der Waals surface area contributed by atoms with E-state index in [9.17, 15) is 14.7 Å². The van der Waals surface area contributed by atoms with Crippen LogP contribution in [0.5, 0.6) is 0 Å². The molecule has 0 heterocycles. The van der Waals surface area contributed by atoms with Crippen LogP contribution in [0.25, 0.3) is 0 Å². The number of hydrogen-bond donors (Lipinski definition) is 3. The number of aliphatic carboxylic acids is 1. The zero-order chi connectivity index (χ0) is 15.3. The highest BCUT2D eigenvalue weighted by Crippen LogP contribution is 2.34. The summed E-state index contributed by atoms with van der Waals surface area (Å²) in [4.78, 5) is 23.7. The molecule has 21 heavy (non-hydrogen) atoms. The van der Waals surface area contributed by atoms with E-state index in [1.54, 1.807) is 0 Å². The van der Waals surface area contributed by atoms with Crippen molar-refractivity contribution in [3.63, 3.8) is 0 Å². The number of carboxylic acid groups (broad SMARTS) is 1. The molecule has 2 rings (SSSR count). The Kier molecular flexibility index (Phi) is 5.62. The highest BCUT2D eigenvalue weighted by Gasteiger charge is 2.42. The summed E-state index contributed by atoms with van der Waals surface area (Å²) in [5.74, 6) is -0.462. The van der Waals surface area contributed by atoms with Crippen molar-refractivity contribution < 1.29 is 14.7 Å². The number of rotatable bonds is 6. The van der Waals surface area contributed by atoms with E-state index in [0.717, 1.165) is 32.1 Å². The van der Waals surface area contributed by atoms with Gasteiger partial charge in [0.1, 0.15) is 5.54 Å². The van der Waals surface area contributed by atoms with E-state index >= 15 is 0 Å². The number of carbonyl (C=O) groups is 2. The molecule has 0 radical (unpaired) electrons. The third-order valence-electron chi connectivity index (χ3n) is 5.23. The van der Waals surface area contributed by atoms with Crippen LogP contribution in [0.3, 0.4) is 0 Å². The molecule has 2 aliphatic carbocycles. The van der Waals surface area contributed by atoms with Crippen LogP contribution in [-0.4, -0.2) is 35.1 Å². The molecule has 3 N–H and O–H groups in total. The maximum atomic E-state index is 12.1. The lowest BCUT2D eigenvalue weighted by molar-refractivity contribution is -0.149. The lowest BCUT2D eigenvalue weighted by Crippen LogP contribution is -2.58. The second-order valence-corrected chi connectivity index (χ2v) is 6.65. The molecule has 1 amide bonds. The summed E-state index contributed by atoms with van der Waals surface area (Å²) in [6.45, 7) is 2.37. The SMILES string of the molecule is CCC1CCC(NC(=O)CNC2CCCC2)(C(=O)O)CC1. The number of nitrogens with one attached hydrogen (secondary N) is 2. The summed E-state index contributed by atoms with van der Waals surface area (Å²) in [6, 6.07) is 0.423. The third kappa shape index (κ3) is 4.19. The second kappa shape index (κ2) is 7.25. The molecule has 0 atom stereocenters. The topological polar surface area (TPSA) is 78.4 Å². The van der Waals surface area contributed by atoms with Gasteiger partial charge in [-0.15, -0.1) is 0 Å². The lowest BCUT2D eigenvalue weighted by atomic mass is 9.75. The molecule has 0 aromatic heterocycles. The normalized spacial score (nSPS) is 30.2. The van der Waals surface area contributed by atoms with Gasteiger partial charge in [0.05, 0.1) is 6.54 Å². The summed E-state index contributed by atoms with van der Waals surface area (Å²) in [5, 5.41) is 15.6. The van der Waals surface area contributed by atoms with Gasteiger partial charge in [0.15, 0.2) is 0 Å². The first-order chi connectivity index (χ1) is 10.1. The average molecular weight is 296 g/mol. The standard InChI is InChI=1S/C16H28N2O3/c1-2-12-7-9-16(10-8-12,15(20)21)18-14(19)11-17-13-5-3-4-6-13/h12-13,17H,2-11H2,1H3,(H,18,19)(H,20,21). The predicted molar refractivity (Wildman–Crippen MR) is 81.0 cm³/mol. The van der Waals surface area contributed by atoms with Crippen molar-refractivity contribution in [2.24, 2.45) is 5.92 Å². The molecule has 5 heteroatoms. The number of hydrogen-bond acceptors (Lipinski definition) is 3. The van der Waals surface area contributed by atoms with Gasteiger partial charge in [-0.25, -0.2) is 4.79 Å². The monoisotopic (exact) mass is 296 g/mol. The van der Waals surface area contributed by atoms with Crippen molar-refractivity contribution in [2.75, 3.05) is 6.54 Å². The Bertz CT molecular complexity index is 370. The Balaban J connectivity index is 1.84. The van der Waals surface area contributed by atoms with Crippen molar-refractivity contribution in [2.45, 2.75) is 76.3 Å². The van der Waals surface area contributed by atoms with Crippen LogP contribution in [0.15, 0.2) is 0 Å². The van der Waals surface area contributed by atoms with Gasteiger partial charge in [-0.3, -0.25) is 4.79 Å². The van der Waals surface area contributed by atoms with Crippen LogP contribution in [0, 0.1) is 5.92 Å². The fraction of sp³-hybridized carbons (Fsp3) is 0.875. The van der Waals surface area contributed by atoms with Crippen LogP contribution < -0.4 is 10.6 Å². The summed E-state index contributed by atoms with van der Waals surface area (Å²) in [7, 11) is 0. The van der Waals surface area contributed by atoms with Crippen LogP contribution >= 0.6 is 0 Å². The third-order valence-corrected chi connectivity index (χ3v) is 5.23. The molecule has 0 unspecified atom stereocenters. The van der Waals surface area contributed by atoms with E-state index in [1.807, 2.05) is 0 Å². The molecule has 0 aliphatic heterocycles. The molecule has 0 bridgehead atoms. The van der Waals surface area contributed by atoms with E-state index in [0.29, 0.717) is 24.8 Å². The largest absolute Gasteiger partial charge is 0.480 e. The molecule has 0 spiro atoms. The van der Waals surface area contributed by atoms with E-state index in [1.165, 1.54) is 12.8 Å². The van der Waals surface area contributed by atoms with Crippen LogP contribution in [0.2, 0.25) is 0 Å². The van der Waals surface area contributed by atoms with Gasteiger partial charge in [0, 0.05) is 6.04 Å². The summed E-state index contributed by atoms with van der Waals surface area (Å²) in [5.41, 5.74) is -1.04. The zero-order valence-corrected chi connectivity index (χ0v) is 13.0. The molecule has 2 fully saturated rings. The smallest absolute Gasteiger partial charge is 0.329 e. The average Bonchev–Trinajstić information content (AvgIpc) is 2.99. The summed E-state index contributed by atoms with van der Waals surface area (Å²) in [6.07, 6.45) is 8.65. The van der Waals surface area contributed by atoms with Crippen molar-refractivity contribution in [1.29, 1.82) is 0 Å². The summed E-state index contributed by atoms with van der Waals surface area (Å²) >= 11 is 0. The van der Waals surface area contributed by atoms with E-state index < -0.39 is 11.5 Å². The van der Waals surface area contributed by atoms with Crippen LogP contribution in [-0.2, 0) is 9.59 Å². The Hall–Kier alpha value is -1.10. The maximum absolute atomic E-state index is 12.1. The van der Waals surface area contributed by atoms with Gasteiger partial charge in [-0.2, -0.15) is 0 Å². The minimum Gasteiger partial charge on any atom is -0.480 e. The summed E-state index contributed by atoms with van der Waals surface area (Å²) < 4.78 is 0. The molecule has 5 nitrogen and oxygen atoms in total. The van der Waals surface area contributed by atoms with E-state index in [4.69, 9.17) is 0 Å². The molecule has 0 aromatic carbocycles. The highest BCUT2D eigenvalue weighted by molar-refractivity contribution is 5.88. The van der Waals surface area contributed by atoms with Gasteiger partial charge in [0.2, 0.25) is 5.91 Å². The molecular formula is C16H28N2O3. The molecular weight excluding hydrogens is 268 g/mol. The number of carbonyl (C=O) groups excluding carboxylic acids is 1. The second-order valence-electron chi connectivity index (χ2n) is 6.65. The van der Waals surface area contributed by atoms with Crippen molar-refractivity contribution in [3.05, 3.63) is 0 Å². The zero-order valence-electron chi connectivity index (χ0n) is 13.0. The first-order valence-electron chi connectivity index (χ1n) is 8.33. The van der Waals surface area contributed by atoms with E-state index in [-0.39, 0.29) is 12.5 Å². The molecule has 120 valence electrons. The van der Waals surface area contributed by atoms with Crippen molar-refractivity contribution in [1.82, 2.24) is 10.6 Å². The Morgan fingerprint density at radius 3 is 2.29 bits per heavy atom. The lowest BCUT2D eigenvalue weighted by Gasteiger charge is -2.37. The molecule has 0 saturated heterocycles. The van der Waals surface area contributed by atoms with Crippen molar-refractivity contribution in [3.8, 4) is 0 Å². The predicted octanol–water partition coefficient (Wildman–Crippen LogP) is 2.06. The highest BCUT2D eigenvalue weighted by atomic mass is 16.4.